The number of ether oxygens (including phenoxy) is 1. The van der Waals surface area contributed by atoms with Crippen molar-refractivity contribution in [2.45, 2.75) is 25.0 Å². The number of hydroxylamine groups is 2. The van der Waals surface area contributed by atoms with Crippen molar-refractivity contribution in [2.24, 2.45) is 0 Å². The van der Waals surface area contributed by atoms with E-state index in [1.165, 1.54) is 5.06 Å². The first-order valence-electron chi connectivity index (χ1n) is 6.92. The van der Waals surface area contributed by atoms with E-state index in [0.717, 1.165) is 17.5 Å². The SMILES string of the molecule is CSCCC(=O)ON1C(=O)CO[C@H]2Cc3ccccc3[C@H]21. The Labute approximate surface area is 127 Å². The van der Waals surface area contributed by atoms with Crippen LogP contribution in [0, 0.1) is 0 Å². The van der Waals surface area contributed by atoms with Gasteiger partial charge >= 0.3 is 5.97 Å². The van der Waals surface area contributed by atoms with E-state index in [2.05, 4.69) is 0 Å². The summed E-state index contributed by atoms with van der Waals surface area (Å²) in [5, 5.41) is 1.22. The summed E-state index contributed by atoms with van der Waals surface area (Å²) in [5.74, 6) is 0.00961. The predicted octanol–water partition coefficient (Wildman–Crippen LogP) is 1.72. The first kappa shape index (κ1) is 14.4. The van der Waals surface area contributed by atoms with Gasteiger partial charge in [-0.15, -0.1) is 0 Å². The molecule has 1 fully saturated rings. The van der Waals surface area contributed by atoms with Gasteiger partial charge in [0.05, 0.1) is 12.5 Å². The van der Waals surface area contributed by atoms with Crippen molar-refractivity contribution in [1.82, 2.24) is 5.06 Å². The van der Waals surface area contributed by atoms with E-state index < -0.39 is 0 Å². The number of rotatable bonds is 4. The number of carbonyl (C=O) groups excluding carboxylic acids is 2. The lowest BCUT2D eigenvalue weighted by atomic mass is 10.1. The molecule has 0 radical (unpaired) electrons. The third-order valence-electron chi connectivity index (χ3n) is 3.78. The molecule has 1 saturated heterocycles. The Kier molecular flexibility index (Phi) is 4.17. The van der Waals surface area contributed by atoms with Gasteiger partial charge in [-0.3, -0.25) is 4.79 Å². The molecule has 112 valence electrons. The van der Waals surface area contributed by atoms with Crippen molar-refractivity contribution in [2.75, 3.05) is 18.6 Å². The fourth-order valence-corrected chi connectivity index (χ4v) is 3.18. The molecule has 1 amide bonds. The van der Waals surface area contributed by atoms with E-state index in [1.54, 1.807) is 11.8 Å². The monoisotopic (exact) mass is 307 g/mol. The minimum absolute atomic E-state index is 0.0367. The summed E-state index contributed by atoms with van der Waals surface area (Å²) in [6, 6.07) is 7.56. The zero-order valence-electron chi connectivity index (χ0n) is 11.8. The van der Waals surface area contributed by atoms with E-state index >= 15 is 0 Å². The minimum atomic E-state index is -0.372. The topological polar surface area (TPSA) is 55.8 Å². The van der Waals surface area contributed by atoms with Crippen molar-refractivity contribution in [1.29, 1.82) is 0 Å². The standard InChI is InChI=1S/C15H17NO4S/c1-21-7-6-14(18)20-16-13(17)9-19-12-8-10-4-2-3-5-11(10)15(12)16/h2-5,12,15H,6-9H2,1H3/t12-,15+/m0/s1. The van der Waals surface area contributed by atoms with Crippen molar-refractivity contribution in [3.63, 3.8) is 0 Å². The Balaban J connectivity index is 1.81. The Morgan fingerprint density at radius 3 is 3.10 bits per heavy atom. The highest BCUT2D eigenvalue weighted by Gasteiger charge is 2.45. The molecule has 0 aromatic heterocycles. The van der Waals surface area contributed by atoms with Crippen molar-refractivity contribution >= 4 is 23.6 Å². The van der Waals surface area contributed by atoms with Gasteiger partial charge in [-0.1, -0.05) is 24.3 Å². The van der Waals surface area contributed by atoms with Gasteiger partial charge in [0.2, 0.25) is 0 Å². The molecule has 1 aliphatic heterocycles. The van der Waals surface area contributed by atoms with Crippen LogP contribution < -0.4 is 0 Å². The highest BCUT2D eigenvalue weighted by atomic mass is 32.2. The molecule has 0 spiro atoms. The van der Waals surface area contributed by atoms with Gasteiger partial charge in [0.1, 0.15) is 12.6 Å². The van der Waals surface area contributed by atoms with Crippen LogP contribution in [0.3, 0.4) is 0 Å². The van der Waals surface area contributed by atoms with Crippen LogP contribution in [0.25, 0.3) is 0 Å². The molecule has 0 saturated carbocycles. The van der Waals surface area contributed by atoms with Gasteiger partial charge in [-0.2, -0.15) is 16.8 Å². The average Bonchev–Trinajstić information content (AvgIpc) is 2.87. The molecule has 1 aromatic rings. The fraction of sp³-hybridized carbons (Fsp3) is 0.467. The molecule has 1 heterocycles. The first-order valence-corrected chi connectivity index (χ1v) is 8.31. The van der Waals surface area contributed by atoms with Crippen LogP contribution in [0.1, 0.15) is 23.6 Å². The van der Waals surface area contributed by atoms with Crippen LogP contribution in [0.15, 0.2) is 24.3 Å². The number of thioether (sulfide) groups is 1. The summed E-state index contributed by atoms with van der Waals surface area (Å²) < 4.78 is 5.60. The molecular weight excluding hydrogens is 290 g/mol. The highest BCUT2D eigenvalue weighted by Crippen LogP contribution is 2.40. The molecule has 0 unspecified atom stereocenters. The van der Waals surface area contributed by atoms with Gasteiger partial charge in [0.25, 0.3) is 5.91 Å². The second-order valence-corrected chi connectivity index (χ2v) is 6.11. The maximum atomic E-state index is 12.1. The molecular formula is C15H17NO4S. The number of morpholine rings is 1. The van der Waals surface area contributed by atoms with Gasteiger partial charge < -0.3 is 9.57 Å². The summed E-state index contributed by atoms with van der Waals surface area (Å²) in [5.41, 5.74) is 2.15. The Morgan fingerprint density at radius 2 is 2.29 bits per heavy atom. The van der Waals surface area contributed by atoms with Crippen molar-refractivity contribution in [3.05, 3.63) is 35.4 Å². The summed E-state index contributed by atoms with van der Waals surface area (Å²) in [6.45, 7) is -0.0367. The molecule has 21 heavy (non-hydrogen) atoms. The predicted molar refractivity (Wildman–Crippen MR) is 78.6 cm³/mol. The van der Waals surface area contributed by atoms with E-state index in [0.29, 0.717) is 12.2 Å². The maximum absolute atomic E-state index is 12.1. The molecule has 0 bridgehead atoms. The Bertz CT molecular complexity index is 562. The Hall–Kier alpha value is -1.53. The zero-order valence-corrected chi connectivity index (χ0v) is 12.6. The summed E-state index contributed by atoms with van der Waals surface area (Å²) in [4.78, 5) is 29.2. The maximum Gasteiger partial charge on any atom is 0.333 e. The summed E-state index contributed by atoms with van der Waals surface area (Å²) in [7, 11) is 0. The van der Waals surface area contributed by atoms with Crippen LogP contribution in [-0.2, 0) is 25.6 Å². The van der Waals surface area contributed by atoms with Crippen molar-refractivity contribution in [3.8, 4) is 0 Å². The van der Waals surface area contributed by atoms with Crippen LogP contribution in [0.4, 0.5) is 0 Å². The molecule has 3 rings (SSSR count). The van der Waals surface area contributed by atoms with Crippen LogP contribution >= 0.6 is 11.8 Å². The lowest BCUT2D eigenvalue weighted by Crippen LogP contribution is -2.48. The normalized spacial score (nSPS) is 23.7. The number of carbonyl (C=O) groups is 2. The lowest BCUT2D eigenvalue weighted by Gasteiger charge is -2.35. The second-order valence-electron chi connectivity index (χ2n) is 5.12. The number of nitrogens with zero attached hydrogens (tertiary/aromatic N) is 1. The highest BCUT2D eigenvalue weighted by molar-refractivity contribution is 7.98. The van der Waals surface area contributed by atoms with Crippen LogP contribution in [-0.4, -0.2) is 41.7 Å². The number of hydrogen-bond donors (Lipinski definition) is 0. The van der Waals surface area contributed by atoms with Gasteiger partial charge in [-0.05, 0) is 17.4 Å². The van der Waals surface area contributed by atoms with Crippen LogP contribution in [0.5, 0.6) is 0 Å². The van der Waals surface area contributed by atoms with Crippen LogP contribution in [0.2, 0.25) is 0 Å². The second kappa shape index (κ2) is 6.07. The van der Waals surface area contributed by atoms with E-state index in [4.69, 9.17) is 9.57 Å². The minimum Gasteiger partial charge on any atom is -0.365 e. The van der Waals surface area contributed by atoms with E-state index in [-0.39, 0.29) is 30.6 Å². The lowest BCUT2D eigenvalue weighted by molar-refractivity contribution is -0.233. The van der Waals surface area contributed by atoms with Gasteiger partial charge in [0.15, 0.2) is 0 Å². The molecule has 1 aliphatic carbocycles. The van der Waals surface area contributed by atoms with E-state index in [1.807, 2.05) is 30.5 Å². The van der Waals surface area contributed by atoms with Gasteiger partial charge in [-0.25, -0.2) is 4.79 Å². The fourth-order valence-electron chi connectivity index (χ4n) is 2.81. The number of benzene rings is 1. The molecule has 1 aromatic carbocycles. The molecule has 2 atom stereocenters. The number of fused-ring (bicyclic) bond motifs is 3. The molecule has 6 heteroatoms. The van der Waals surface area contributed by atoms with E-state index in [9.17, 15) is 9.59 Å². The largest absolute Gasteiger partial charge is 0.365 e. The molecule has 5 nitrogen and oxygen atoms in total. The summed E-state index contributed by atoms with van der Waals surface area (Å²) in [6.07, 6.45) is 2.84. The smallest absolute Gasteiger partial charge is 0.333 e. The molecule has 2 aliphatic rings. The molecule has 0 N–H and O–H groups in total. The Morgan fingerprint density at radius 1 is 1.48 bits per heavy atom. The quantitative estimate of drug-likeness (QED) is 0.848. The summed E-state index contributed by atoms with van der Waals surface area (Å²) >= 11 is 1.57. The zero-order chi connectivity index (χ0) is 14.8. The third-order valence-corrected chi connectivity index (χ3v) is 4.39. The van der Waals surface area contributed by atoms with Crippen molar-refractivity contribution < 1.29 is 19.2 Å². The average molecular weight is 307 g/mol. The number of hydrogen-bond acceptors (Lipinski definition) is 5. The number of amides is 1. The van der Waals surface area contributed by atoms with Gasteiger partial charge in [0, 0.05) is 12.2 Å². The first-order chi connectivity index (χ1) is 10.2. The third kappa shape index (κ3) is 2.78.